The van der Waals surface area contributed by atoms with Crippen molar-refractivity contribution in [3.05, 3.63) is 88.6 Å². The van der Waals surface area contributed by atoms with Gasteiger partial charge in [-0.1, -0.05) is 54.2 Å². The summed E-state index contributed by atoms with van der Waals surface area (Å²) in [5.41, 5.74) is 0.715. The highest BCUT2D eigenvalue weighted by Gasteiger charge is 2.21. The standard InChI is InChI=1S/C23H17NO6S/c1-24(21(26)23(29)30)18-12-15(14-7-3-2-4-8-14)11-16(13-19(18)25)31-20-10-6-5-9-17(20)22(27)28/h2-13H,1H3,(H,27,28)(H,29,30). The molecule has 3 aromatic rings. The van der Waals surface area contributed by atoms with Crippen LogP contribution in [0.25, 0.3) is 11.1 Å². The molecule has 0 atom stereocenters. The summed E-state index contributed by atoms with van der Waals surface area (Å²) in [5.74, 6) is -4.02. The highest BCUT2D eigenvalue weighted by atomic mass is 32.2. The molecule has 3 aromatic carbocycles. The van der Waals surface area contributed by atoms with Gasteiger partial charge in [-0.2, -0.15) is 0 Å². The Morgan fingerprint density at radius 1 is 0.839 bits per heavy atom. The number of carboxylic acid groups (broad SMARTS) is 2. The number of carboxylic acids is 2. The molecule has 0 aliphatic rings. The molecule has 7 nitrogen and oxygen atoms in total. The van der Waals surface area contributed by atoms with E-state index in [0.717, 1.165) is 22.2 Å². The Bertz CT molecular complexity index is 1230. The number of nitrogens with zero attached hydrogens (tertiary/aromatic N) is 1. The zero-order valence-electron chi connectivity index (χ0n) is 16.3. The van der Waals surface area contributed by atoms with Gasteiger partial charge < -0.3 is 15.1 Å². The van der Waals surface area contributed by atoms with Gasteiger partial charge >= 0.3 is 17.8 Å². The first-order valence-corrected chi connectivity index (χ1v) is 9.85. The van der Waals surface area contributed by atoms with Crippen molar-refractivity contribution in [1.29, 1.82) is 0 Å². The van der Waals surface area contributed by atoms with Gasteiger partial charge in [0.15, 0.2) is 0 Å². The number of carbonyl (C=O) groups is 3. The highest BCUT2D eigenvalue weighted by Crippen LogP contribution is 2.33. The lowest BCUT2D eigenvalue weighted by Crippen LogP contribution is -2.35. The normalized spacial score (nSPS) is 10.4. The lowest BCUT2D eigenvalue weighted by molar-refractivity contribution is -0.148. The van der Waals surface area contributed by atoms with Crippen molar-refractivity contribution in [3.63, 3.8) is 0 Å². The average molecular weight is 435 g/mol. The van der Waals surface area contributed by atoms with E-state index in [4.69, 9.17) is 5.11 Å². The minimum absolute atomic E-state index is 0.0890. The number of hydrogen-bond donors (Lipinski definition) is 2. The number of aliphatic carboxylic acids is 1. The first-order valence-electron chi connectivity index (χ1n) is 9.04. The van der Waals surface area contributed by atoms with Crippen LogP contribution in [0.15, 0.2) is 87.4 Å². The van der Waals surface area contributed by atoms with Crippen molar-refractivity contribution in [3.8, 4) is 11.1 Å². The molecule has 8 heteroatoms. The first kappa shape index (κ1) is 21.8. The van der Waals surface area contributed by atoms with Crippen LogP contribution in [0, 0.1) is 0 Å². The van der Waals surface area contributed by atoms with Gasteiger partial charge in [0.1, 0.15) is 0 Å². The summed E-state index contributed by atoms with van der Waals surface area (Å²) in [6, 6.07) is 19.9. The molecule has 156 valence electrons. The first-order chi connectivity index (χ1) is 14.8. The Labute approximate surface area is 181 Å². The van der Waals surface area contributed by atoms with Crippen molar-refractivity contribution in [2.45, 2.75) is 9.79 Å². The Morgan fingerprint density at radius 2 is 1.48 bits per heavy atom. The second kappa shape index (κ2) is 9.27. The Morgan fingerprint density at radius 3 is 2.13 bits per heavy atom. The quantitative estimate of drug-likeness (QED) is 0.589. The van der Waals surface area contributed by atoms with Gasteiger partial charge in [-0.25, -0.2) is 9.59 Å². The van der Waals surface area contributed by atoms with Gasteiger partial charge in [0.05, 0.1) is 11.3 Å². The molecule has 0 unspecified atom stereocenters. The Kier molecular flexibility index (Phi) is 6.52. The van der Waals surface area contributed by atoms with E-state index in [9.17, 15) is 24.3 Å². The van der Waals surface area contributed by atoms with E-state index in [1.54, 1.807) is 36.4 Å². The van der Waals surface area contributed by atoms with Crippen LogP contribution < -0.4 is 10.3 Å². The molecular formula is C23H17NO6S. The largest absolute Gasteiger partial charge is 0.478 e. The van der Waals surface area contributed by atoms with E-state index in [1.165, 1.54) is 25.2 Å². The van der Waals surface area contributed by atoms with E-state index < -0.39 is 23.3 Å². The molecule has 0 radical (unpaired) electrons. The van der Waals surface area contributed by atoms with Crippen LogP contribution in [-0.4, -0.2) is 35.1 Å². The molecule has 0 aliphatic carbocycles. The molecule has 2 N–H and O–H groups in total. The Hall–Kier alpha value is -3.91. The van der Waals surface area contributed by atoms with Gasteiger partial charge in [0.25, 0.3) is 0 Å². The second-order valence-corrected chi connectivity index (χ2v) is 7.59. The van der Waals surface area contributed by atoms with Crippen LogP contribution >= 0.6 is 11.8 Å². The number of likely N-dealkylation sites (N-methyl/N-ethyl adjacent to an activating group) is 1. The monoisotopic (exact) mass is 435 g/mol. The number of rotatable bonds is 5. The number of amides is 1. The molecule has 3 rings (SSSR count). The summed E-state index contributed by atoms with van der Waals surface area (Å²) in [5, 5.41) is 18.5. The highest BCUT2D eigenvalue weighted by molar-refractivity contribution is 7.99. The van der Waals surface area contributed by atoms with Crippen molar-refractivity contribution < 1.29 is 24.6 Å². The maximum absolute atomic E-state index is 12.9. The summed E-state index contributed by atoms with van der Waals surface area (Å²) in [6.07, 6.45) is 0. The third kappa shape index (κ3) is 4.99. The topological polar surface area (TPSA) is 112 Å². The van der Waals surface area contributed by atoms with Gasteiger partial charge in [0, 0.05) is 22.9 Å². The fraction of sp³-hybridized carbons (Fsp3) is 0.0435. The molecule has 31 heavy (non-hydrogen) atoms. The molecule has 0 spiro atoms. The lowest BCUT2D eigenvalue weighted by atomic mass is 10.1. The van der Waals surface area contributed by atoms with E-state index in [1.807, 2.05) is 18.2 Å². The molecule has 0 aromatic heterocycles. The SMILES string of the molecule is CN(C(=O)C(=O)O)c1cc(-c2ccccc2)cc(Sc2ccccc2C(=O)O)cc1=O. The molecule has 0 saturated carbocycles. The summed E-state index contributed by atoms with van der Waals surface area (Å²) in [7, 11) is 1.22. The van der Waals surface area contributed by atoms with Gasteiger partial charge in [-0.15, -0.1) is 0 Å². The van der Waals surface area contributed by atoms with Crippen LogP contribution in [0.5, 0.6) is 0 Å². The number of hydrogen-bond acceptors (Lipinski definition) is 5. The van der Waals surface area contributed by atoms with E-state index in [2.05, 4.69) is 0 Å². The van der Waals surface area contributed by atoms with Crippen LogP contribution in [0.1, 0.15) is 10.4 Å². The van der Waals surface area contributed by atoms with Gasteiger partial charge in [0.2, 0.25) is 5.43 Å². The molecule has 1 amide bonds. The fourth-order valence-corrected chi connectivity index (χ4v) is 3.91. The maximum atomic E-state index is 12.9. The van der Waals surface area contributed by atoms with Crippen molar-refractivity contribution in [2.24, 2.45) is 0 Å². The van der Waals surface area contributed by atoms with E-state index >= 15 is 0 Å². The zero-order chi connectivity index (χ0) is 22.5. The molecule has 0 aliphatic heterocycles. The predicted octanol–water partition coefficient (Wildman–Crippen LogP) is 3.61. The maximum Gasteiger partial charge on any atom is 0.394 e. The minimum Gasteiger partial charge on any atom is -0.478 e. The fourth-order valence-electron chi connectivity index (χ4n) is 2.89. The van der Waals surface area contributed by atoms with E-state index in [-0.39, 0.29) is 11.3 Å². The molecule has 0 heterocycles. The summed E-state index contributed by atoms with van der Waals surface area (Å²) in [6.45, 7) is 0. The Balaban J connectivity index is 2.20. The zero-order valence-corrected chi connectivity index (χ0v) is 17.1. The molecule has 0 bridgehead atoms. The molecule has 0 fully saturated rings. The lowest BCUT2D eigenvalue weighted by Gasteiger charge is -2.13. The molecule has 0 saturated heterocycles. The number of benzene rings is 2. The van der Waals surface area contributed by atoms with Crippen LogP contribution in [0.2, 0.25) is 0 Å². The smallest absolute Gasteiger partial charge is 0.394 e. The van der Waals surface area contributed by atoms with Crippen molar-refractivity contribution >= 4 is 35.3 Å². The summed E-state index contributed by atoms with van der Waals surface area (Å²) >= 11 is 1.09. The van der Waals surface area contributed by atoms with Crippen LogP contribution in [0.4, 0.5) is 5.69 Å². The number of anilines is 1. The predicted molar refractivity (Wildman–Crippen MR) is 117 cm³/mol. The second-order valence-electron chi connectivity index (χ2n) is 6.48. The van der Waals surface area contributed by atoms with Crippen molar-refractivity contribution in [2.75, 3.05) is 11.9 Å². The molecular weight excluding hydrogens is 418 g/mol. The third-order valence-electron chi connectivity index (χ3n) is 4.42. The number of carbonyl (C=O) groups excluding carboxylic acids is 1. The van der Waals surface area contributed by atoms with Gasteiger partial charge in [-0.3, -0.25) is 9.59 Å². The van der Waals surface area contributed by atoms with Crippen LogP contribution in [0.3, 0.4) is 0 Å². The average Bonchev–Trinajstić information content (AvgIpc) is 2.92. The van der Waals surface area contributed by atoms with E-state index in [0.29, 0.717) is 15.4 Å². The van der Waals surface area contributed by atoms with Crippen LogP contribution in [-0.2, 0) is 9.59 Å². The minimum atomic E-state index is -1.68. The summed E-state index contributed by atoms with van der Waals surface area (Å²) < 4.78 is 0. The summed E-state index contributed by atoms with van der Waals surface area (Å²) in [4.78, 5) is 49.2. The van der Waals surface area contributed by atoms with Crippen molar-refractivity contribution in [1.82, 2.24) is 0 Å². The third-order valence-corrected chi connectivity index (χ3v) is 5.46. The number of aromatic carboxylic acids is 1. The van der Waals surface area contributed by atoms with Gasteiger partial charge in [-0.05, 0) is 35.4 Å².